The number of benzene rings is 2. The molecule has 2 rings (SSSR count). The van der Waals surface area contributed by atoms with Crippen LogP contribution in [-0.2, 0) is 6.54 Å². The fourth-order valence-electron chi connectivity index (χ4n) is 1.73. The summed E-state index contributed by atoms with van der Waals surface area (Å²) in [7, 11) is 0. The minimum Gasteiger partial charge on any atom is -0.454 e. The molecule has 21 heavy (non-hydrogen) atoms. The van der Waals surface area contributed by atoms with Crippen molar-refractivity contribution in [2.24, 2.45) is 0 Å². The van der Waals surface area contributed by atoms with Crippen LogP contribution >= 0.6 is 0 Å². The Morgan fingerprint density at radius 2 is 1.67 bits per heavy atom. The topological polar surface area (TPSA) is 21.3 Å². The first-order valence-corrected chi connectivity index (χ1v) is 6.81. The Hall–Kier alpha value is -1.94. The van der Waals surface area contributed by atoms with Crippen molar-refractivity contribution in [3.8, 4) is 11.5 Å². The van der Waals surface area contributed by atoms with Crippen LogP contribution < -0.4 is 10.1 Å². The van der Waals surface area contributed by atoms with E-state index in [1.165, 1.54) is 12.1 Å². The molecule has 0 heterocycles. The maximum atomic E-state index is 13.5. The first-order chi connectivity index (χ1) is 9.85. The van der Waals surface area contributed by atoms with Gasteiger partial charge in [0.05, 0.1) is 0 Å². The largest absolute Gasteiger partial charge is 0.454 e. The molecule has 0 saturated heterocycles. The van der Waals surface area contributed by atoms with E-state index in [1.54, 1.807) is 12.1 Å². The SMILES string of the molecule is CC(C)(C)NCc1ccc(Oc2cccc(F)c2F)cc1. The van der Waals surface area contributed by atoms with E-state index < -0.39 is 11.6 Å². The smallest absolute Gasteiger partial charge is 0.201 e. The lowest BCUT2D eigenvalue weighted by Crippen LogP contribution is -2.34. The normalized spacial score (nSPS) is 11.5. The highest BCUT2D eigenvalue weighted by molar-refractivity contribution is 5.34. The molecule has 112 valence electrons. The summed E-state index contributed by atoms with van der Waals surface area (Å²) in [6.07, 6.45) is 0. The minimum absolute atomic E-state index is 0.0415. The summed E-state index contributed by atoms with van der Waals surface area (Å²) in [4.78, 5) is 0. The third kappa shape index (κ3) is 4.53. The van der Waals surface area contributed by atoms with E-state index in [9.17, 15) is 8.78 Å². The molecule has 2 aromatic carbocycles. The van der Waals surface area contributed by atoms with Crippen LogP contribution in [0.1, 0.15) is 26.3 Å². The third-order valence-corrected chi connectivity index (χ3v) is 2.89. The van der Waals surface area contributed by atoms with Crippen LogP contribution in [-0.4, -0.2) is 5.54 Å². The van der Waals surface area contributed by atoms with E-state index in [-0.39, 0.29) is 11.3 Å². The van der Waals surface area contributed by atoms with E-state index in [4.69, 9.17) is 4.74 Å². The van der Waals surface area contributed by atoms with Gasteiger partial charge in [0, 0.05) is 12.1 Å². The Balaban J connectivity index is 2.04. The van der Waals surface area contributed by atoms with Crippen LogP contribution in [0.5, 0.6) is 11.5 Å². The molecule has 0 atom stereocenters. The zero-order chi connectivity index (χ0) is 15.5. The van der Waals surface area contributed by atoms with Crippen molar-refractivity contribution in [2.45, 2.75) is 32.9 Å². The summed E-state index contributed by atoms with van der Waals surface area (Å²) in [5.41, 5.74) is 1.14. The summed E-state index contributed by atoms with van der Waals surface area (Å²) < 4.78 is 32.0. The third-order valence-electron chi connectivity index (χ3n) is 2.89. The van der Waals surface area contributed by atoms with Gasteiger partial charge in [0.2, 0.25) is 5.82 Å². The van der Waals surface area contributed by atoms with Gasteiger partial charge in [0.25, 0.3) is 0 Å². The summed E-state index contributed by atoms with van der Waals surface area (Å²) >= 11 is 0. The maximum Gasteiger partial charge on any atom is 0.201 e. The van der Waals surface area contributed by atoms with Crippen molar-refractivity contribution in [1.29, 1.82) is 0 Å². The fraction of sp³-hybridized carbons (Fsp3) is 0.294. The standard InChI is InChI=1S/C17H19F2NO/c1-17(2,3)20-11-12-7-9-13(10-8-12)21-15-6-4-5-14(18)16(15)19/h4-10,20H,11H2,1-3H3. The number of hydrogen-bond acceptors (Lipinski definition) is 2. The fourth-order valence-corrected chi connectivity index (χ4v) is 1.73. The molecule has 0 aliphatic carbocycles. The Labute approximate surface area is 123 Å². The van der Waals surface area contributed by atoms with Gasteiger partial charge in [-0.2, -0.15) is 4.39 Å². The van der Waals surface area contributed by atoms with E-state index >= 15 is 0 Å². The lowest BCUT2D eigenvalue weighted by atomic mass is 10.1. The second-order valence-corrected chi connectivity index (χ2v) is 5.90. The molecular formula is C17H19F2NO. The van der Waals surface area contributed by atoms with Gasteiger partial charge in [0.1, 0.15) is 5.75 Å². The molecule has 0 aromatic heterocycles. The molecule has 0 radical (unpaired) electrons. The van der Waals surface area contributed by atoms with Gasteiger partial charge < -0.3 is 10.1 Å². The zero-order valence-electron chi connectivity index (χ0n) is 12.4. The number of hydrogen-bond donors (Lipinski definition) is 1. The van der Waals surface area contributed by atoms with Crippen molar-refractivity contribution in [3.05, 3.63) is 59.7 Å². The quantitative estimate of drug-likeness (QED) is 0.885. The van der Waals surface area contributed by atoms with Crippen molar-refractivity contribution in [1.82, 2.24) is 5.32 Å². The highest BCUT2D eigenvalue weighted by Gasteiger charge is 2.10. The molecular weight excluding hydrogens is 272 g/mol. The van der Waals surface area contributed by atoms with Crippen LogP contribution in [0.15, 0.2) is 42.5 Å². The van der Waals surface area contributed by atoms with E-state index in [0.29, 0.717) is 5.75 Å². The maximum absolute atomic E-state index is 13.5. The lowest BCUT2D eigenvalue weighted by Gasteiger charge is -2.20. The highest BCUT2D eigenvalue weighted by Crippen LogP contribution is 2.26. The summed E-state index contributed by atoms with van der Waals surface area (Å²) in [6, 6.07) is 11.1. The molecule has 1 N–H and O–H groups in total. The summed E-state index contributed by atoms with van der Waals surface area (Å²) in [5, 5.41) is 3.37. The molecule has 2 nitrogen and oxygen atoms in total. The minimum atomic E-state index is -0.976. The molecule has 0 spiro atoms. The molecule has 0 aliphatic rings. The molecule has 0 bridgehead atoms. The van der Waals surface area contributed by atoms with Gasteiger partial charge in [-0.25, -0.2) is 4.39 Å². The molecule has 0 aliphatic heterocycles. The first kappa shape index (κ1) is 15.4. The monoisotopic (exact) mass is 291 g/mol. The average molecular weight is 291 g/mol. The lowest BCUT2D eigenvalue weighted by molar-refractivity contribution is 0.414. The van der Waals surface area contributed by atoms with Gasteiger partial charge >= 0.3 is 0 Å². The van der Waals surface area contributed by atoms with Gasteiger partial charge in [-0.15, -0.1) is 0 Å². The Bertz CT molecular complexity index is 603. The van der Waals surface area contributed by atoms with E-state index in [0.717, 1.165) is 18.2 Å². The van der Waals surface area contributed by atoms with E-state index in [2.05, 4.69) is 26.1 Å². The van der Waals surface area contributed by atoms with Crippen molar-refractivity contribution in [2.75, 3.05) is 0 Å². The Morgan fingerprint density at radius 3 is 2.29 bits per heavy atom. The number of nitrogens with one attached hydrogen (secondary N) is 1. The van der Waals surface area contributed by atoms with Gasteiger partial charge in [0.15, 0.2) is 11.6 Å². The predicted octanol–water partition coefficient (Wildman–Crippen LogP) is 4.65. The van der Waals surface area contributed by atoms with Gasteiger partial charge in [-0.05, 0) is 50.6 Å². The second-order valence-electron chi connectivity index (χ2n) is 5.90. The summed E-state index contributed by atoms with van der Waals surface area (Å²) in [5.74, 6) is -1.54. The molecule has 4 heteroatoms. The molecule has 0 amide bonds. The second kappa shape index (κ2) is 6.22. The molecule has 0 fully saturated rings. The van der Waals surface area contributed by atoms with Crippen molar-refractivity contribution in [3.63, 3.8) is 0 Å². The average Bonchev–Trinajstić information content (AvgIpc) is 2.42. The summed E-state index contributed by atoms with van der Waals surface area (Å²) in [6.45, 7) is 7.02. The Morgan fingerprint density at radius 1 is 1.00 bits per heavy atom. The molecule has 2 aromatic rings. The van der Waals surface area contributed by atoms with Gasteiger partial charge in [-0.1, -0.05) is 18.2 Å². The highest BCUT2D eigenvalue weighted by atomic mass is 19.2. The van der Waals surface area contributed by atoms with Gasteiger partial charge in [-0.3, -0.25) is 0 Å². The van der Waals surface area contributed by atoms with E-state index in [1.807, 2.05) is 12.1 Å². The zero-order valence-corrected chi connectivity index (χ0v) is 12.4. The molecule has 0 unspecified atom stereocenters. The predicted molar refractivity (Wildman–Crippen MR) is 79.5 cm³/mol. The number of ether oxygens (including phenoxy) is 1. The Kier molecular flexibility index (Phi) is 4.58. The molecule has 0 saturated carbocycles. The van der Waals surface area contributed by atoms with Crippen LogP contribution in [0.2, 0.25) is 0 Å². The van der Waals surface area contributed by atoms with Crippen LogP contribution in [0, 0.1) is 11.6 Å². The van der Waals surface area contributed by atoms with Crippen LogP contribution in [0.3, 0.4) is 0 Å². The first-order valence-electron chi connectivity index (χ1n) is 6.81. The van der Waals surface area contributed by atoms with Crippen LogP contribution in [0.25, 0.3) is 0 Å². The van der Waals surface area contributed by atoms with Crippen LogP contribution in [0.4, 0.5) is 8.78 Å². The van der Waals surface area contributed by atoms with Crippen molar-refractivity contribution >= 4 is 0 Å². The number of halogens is 2. The van der Waals surface area contributed by atoms with Crippen molar-refractivity contribution < 1.29 is 13.5 Å². The number of rotatable bonds is 4.